The van der Waals surface area contributed by atoms with Crippen LogP contribution in [0.1, 0.15) is 16.2 Å². The Bertz CT molecular complexity index is 701. The number of halogens is 1. The second-order valence-corrected chi connectivity index (χ2v) is 5.00. The van der Waals surface area contributed by atoms with Crippen molar-refractivity contribution in [3.63, 3.8) is 0 Å². The number of hydrogen-bond donors (Lipinski definition) is 3. The highest BCUT2D eigenvalue weighted by atomic mass is 35.5. The topological polar surface area (TPSA) is 139 Å². The molecule has 0 bridgehead atoms. The minimum absolute atomic E-state index is 0.0365. The van der Waals surface area contributed by atoms with Gasteiger partial charge in [0, 0.05) is 6.92 Å². The Morgan fingerprint density at radius 2 is 2.00 bits per heavy atom. The zero-order chi connectivity index (χ0) is 18.3. The molecule has 10 heteroatoms. The second-order valence-electron chi connectivity index (χ2n) is 4.69. The van der Waals surface area contributed by atoms with Crippen LogP contribution in [0.2, 0.25) is 0 Å². The maximum Gasteiger partial charge on any atom is 0.342 e. The lowest BCUT2D eigenvalue weighted by atomic mass is 10.2. The van der Waals surface area contributed by atoms with Crippen LogP contribution in [0.3, 0.4) is 0 Å². The molecule has 1 atom stereocenters. The van der Waals surface area contributed by atoms with Gasteiger partial charge in [-0.1, -0.05) is 0 Å². The summed E-state index contributed by atoms with van der Waals surface area (Å²) in [5.41, 5.74) is 0.179. The van der Waals surface area contributed by atoms with Gasteiger partial charge in [-0.2, -0.15) is 0 Å². The van der Waals surface area contributed by atoms with Gasteiger partial charge in [0.25, 0.3) is 0 Å². The van der Waals surface area contributed by atoms with Gasteiger partial charge in [-0.25, -0.2) is 14.3 Å². The molecule has 0 radical (unpaired) electrons. The summed E-state index contributed by atoms with van der Waals surface area (Å²) in [6, 6.07) is 5.36. The number of phenolic OH excluding ortho intramolecular Hbond substituents is 1. The number of aromatic nitrogens is 2. The van der Waals surface area contributed by atoms with Gasteiger partial charge in [-0.05, 0) is 29.2 Å². The molecular formula is C14H16ClN3O6. The summed E-state index contributed by atoms with van der Waals surface area (Å²) in [5, 5.41) is 36.9. The molecule has 0 spiro atoms. The third-order valence-corrected chi connectivity index (χ3v) is 3.26. The van der Waals surface area contributed by atoms with Crippen LogP contribution in [0.25, 0.3) is 0 Å². The summed E-state index contributed by atoms with van der Waals surface area (Å²) in [4.78, 5) is 24.0. The standard InChI is InChI=1S/C7H10ClN3O3.C7H6O3/c1-5-9-3-7(11(13)14)10(5)4-6(12)2-8;8-6-3-1-5(2-4-6)7(9)10/h3,6,12H,2,4H2,1H3;1-4,8H,(H,9,10)/t6-;/m0./s1. The van der Waals surface area contributed by atoms with E-state index in [9.17, 15) is 20.0 Å². The number of benzene rings is 1. The molecule has 0 saturated heterocycles. The van der Waals surface area contributed by atoms with Crippen molar-refractivity contribution >= 4 is 23.4 Å². The predicted octanol–water partition coefficient (Wildman–Crippen LogP) is 1.79. The van der Waals surface area contributed by atoms with Crippen LogP contribution in [-0.4, -0.2) is 47.7 Å². The number of carboxylic acid groups (broad SMARTS) is 1. The Hall–Kier alpha value is -2.65. The Kier molecular flexibility index (Phi) is 7.15. The average Bonchev–Trinajstić information content (AvgIpc) is 2.89. The quantitative estimate of drug-likeness (QED) is 0.421. The summed E-state index contributed by atoms with van der Waals surface area (Å²) in [7, 11) is 0. The Balaban J connectivity index is 0.000000254. The van der Waals surface area contributed by atoms with Gasteiger partial charge in [0.2, 0.25) is 0 Å². The molecule has 0 aliphatic rings. The van der Waals surface area contributed by atoms with Crippen LogP contribution in [0, 0.1) is 17.0 Å². The van der Waals surface area contributed by atoms with E-state index in [1.165, 1.54) is 28.8 Å². The smallest absolute Gasteiger partial charge is 0.342 e. The van der Waals surface area contributed by atoms with Crippen LogP contribution >= 0.6 is 11.6 Å². The first kappa shape index (κ1) is 19.4. The van der Waals surface area contributed by atoms with Gasteiger partial charge >= 0.3 is 11.8 Å². The molecule has 2 rings (SSSR count). The predicted molar refractivity (Wildman–Crippen MR) is 85.4 cm³/mol. The molecule has 0 aliphatic heterocycles. The van der Waals surface area contributed by atoms with Crippen LogP contribution in [-0.2, 0) is 6.54 Å². The van der Waals surface area contributed by atoms with Crippen molar-refractivity contribution in [3.8, 4) is 5.75 Å². The Morgan fingerprint density at radius 1 is 1.42 bits per heavy atom. The van der Waals surface area contributed by atoms with Crippen molar-refractivity contribution < 1.29 is 25.0 Å². The number of aromatic hydroxyl groups is 1. The summed E-state index contributed by atoms with van der Waals surface area (Å²) in [5.74, 6) is -0.521. The van der Waals surface area contributed by atoms with Gasteiger partial charge in [-0.15, -0.1) is 11.6 Å². The number of imidazole rings is 1. The lowest BCUT2D eigenvalue weighted by Gasteiger charge is -2.06. The van der Waals surface area contributed by atoms with E-state index in [1.54, 1.807) is 6.92 Å². The maximum atomic E-state index is 10.5. The molecule has 0 saturated carbocycles. The third-order valence-electron chi connectivity index (χ3n) is 2.91. The number of aromatic carboxylic acids is 1. The summed E-state index contributed by atoms with van der Waals surface area (Å²) in [6.45, 7) is 1.72. The van der Waals surface area contributed by atoms with Gasteiger partial charge in [-0.3, -0.25) is 0 Å². The number of nitrogens with zero attached hydrogens (tertiary/aromatic N) is 3. The molecule has 9 nitrogen and oxygen atoms in total. The highest BCUT2D eigenvalue weighted by Crippen LogP contribution is 2.14. The number of hydrogen-bond acceptors (Lipinski definition) is 6. The molecule has 1 aromatic carbocycles. The first-order valence-corrected chi connectivity index (χ1v) is 7.22. The number of rotatable bonds is 5. The van der Waals surface area contributed by atoms with Crippen molar-refractivity contribution in [1.29, 1.82) is 0 Å². The number of aliphatic hydroxyl groups excluding tert-OH is 1. The second kappa shape index (κ2) is 8.85. The number of phenols is 1. The van der Waals surface area contributed by atoms with Crippen LogP contribution in [0.4, 0.5) is 5.82 Å². The number of aryl methyl sites for hydroxylation is 1. The maximum absolute atomic E-state index is 10.5. The molecule has 3 N–H and O–H groups in total. The van der Waals surface area contributed by atoms with E-state index in [1.807, 2.05) is 0 Å². The fraction of sp³-hybridized carbons (Fsp3) is 0.286. The molecule has 1 aromatic heterocycles. The third kappa shape index (κ3) is 5.52. The number of aliphatic hydroxyl groups is 1. The van der Waals surface area contributed by atoms with Crippen LogP contribution < -0.4 is 0 Å². The van der Waals surface area contributed by atoms with Gasteiger partial charge in [0.15, 0.2) is 5.82 Å². The van der Waals surface area contributed by atoms with E-state index in [-0.39, 0.29) is 29.6 Å². The van der Waals surface area contributed by atoms with E-state index < -0.39 is 17.0 Å². The lowest BCUT2D eigenvalue weighted by molar-refractivity contribution is -0.392. The van der Waals surface area contributed by atoms with Crippen molar-refractivity contribution in [2.24, 2.45) is 0 Å². The molecule has 130 valence electrons. The number of carboxylic acids is 1. The van der Waals surface area contributed by atoms with Crippen LogP contribution in [0.15, 0.2) is 30.5 Å². The average molecular weight is 358 g/mol. The molecule has 0 aliphatic carbocycles. The van der Waals surface area contributed by atoms with Gasteiger partial charge in [0.05, 0.1) is 11.4 Å². The zero-order valence-electron chi connectivity index (χ0n) is 12.7. The van der Waals surface area contributed by atoms with Crippen LogP contribution in [0.5, 0.6) is 5.75 Å². The SMILES string of the molecule is Cc1ncc([N+](=O)[O-])n1C[C@@H](O)CCl.O=C(O)c1ccc(O)cc1. The Labute approximate surface area is 141 Å². The molecule has 0 amide bonds. The minimum atomic E-state index is -0.986. The largest absolute Gasteiger partial charge is 0.508 e. The highest BCUT2D eigenvalue weighted by Gasteiger charge is 2.19. The van der Waals surface area contributed by atoms with E-state index in [4.69, 9.17) is 21.8 Å². The molecule has 0 fully saturated rings. The fourth-order valence-electron chi connectivity index (χ4n) is 1.69. The summed E-state index contributed by atoms with van der Waals surface area (Å²) < 4.78 is 1.33. The van der Waals surface area contributed by atoms with E-state index in [0.29, 0.717) is 5.82 Å². The van der Waals surface area contributed by atoms with Crippen molar-refractivity contribution in [3.05, 3.63) is 52.0 Å². The van der Waals surface area contributed by atoms with Gasteiger partial charge in [0.1, 0.15) is 24.6 Å². The number of alkyl halides is 1. The molecular weight excluding hydrogens is 342 g/mol. The highest BCUT2D eigenvalue weighted by molar-refractivity contribution is 6.18. The summed E-state index contributed by atoms with van der Waals surface area (Å²) >= 11 is 5.40. The van der Waals surface area contributed by atoms with Crippen molar-refractivity contribution in [2.45, 2.75) is 19.6 Å². The zero-order valence-corrected chi connectivity index (χ0v) is 13.4. The fourth-order valence-corrected chi connectivity index (χ4v) is 1.79. The summed E-state index contributed by atoms with van der Waals surface area (Å²) in [6.07, 6.45) is 0.360. The van der Waals surface area contributed by atoms with Crippen molar-refractivity contribution in [2.75, 3.05) is 5.88 Å². The van der Waals surface area contributed by atoms with E-state index in [2.05, 4.69) is 4.98 Å². The minimum Gasteiger partial charge on any atom is -0.508 e. The number of nitro groups is 1. The lowest BCUT2D eigenvalue weighted by Crippen LogP contribution is -2.19. The molecule has 2 aromatic rings. The monoisotopic (exact) mass is 357 g/mol. The van der Waals surface area contributed by atoms with Crippen molar-refractivity contribution in [1.82, 2.24) is 9.55 Å². The van der Waals surface area contributed by atoms with E-state index >= 15 is 0 Å². The normalized spacial score (nSPS) is 11.3. The first-order chi connectivity index (χ1) is 11.3. The number of carbonyl (C=O) groups is 1. The Morgan fingerprint density at radius 3 is 2.46 bits per heavy atom. The van der Waals surface area contributed by atoms with Gasteiger partial charge < -0.3 is 25.4 Å². The molecule has 0 unspecified atom stereocenters. The first-order valence-electron chi connectivity index (χ1n) is 6.69. The van der Waals surface area contributed by atoms with E-state index in [0.717, 1.165) is 6.20 Å². The molecule has 1 heterocycles. The molecule has 24 heavy (non-hydrogen) atoms.